The third-order valence-corrected chi connectivity index (χ3v) is 7.44. The number of alkyl halides is 3. The molecule has 2 N–H and O–H groups in total. The van der Waals surface area contributed by atoms with Crippen LogP contribution in [0.1, 0.15) is 34.3 Å². The lowest BCUT2D eigenvalue weighted by Gasteiger charge is -2.58. The van der Waals surface area contributed by atoms with Gasteiger partial charge < -0.3 is 20.4 Å². The van der Waals surface area contributed by atoms with E-state index >= 15 is 0 Å². The highest BCUT2D eigenvalue weighted by atomic mass is 32.1. The van der Waals surface area contributed by atoms with E-state index in [-0.39, 0.29) is 35.2 Å². The normalized spacial score (nSPS) is 17.5. The Hall–Kier alpha value is -3.12. The highest BCUT2D eigenvalue weighted by Crippen LogP contribution is 2.49. The number of carbonyl (C=O) groups is 2. The predicted molar refractivity (Wildman–Crippen MR) is 125 cm³/mol. The number of fused-ring (bicyclic) bond motifs is 1. The molecule has 1 aliphatic carbocycles. The first-order valence-electron chi connectivity index (χ1n) is 11.2. The number of nitrogens with one attached hydrogen (secondary N) is 2. The molecule has 0 atom stereocenters. The van der Waals surface area contributed by atoms with Crippen LogP contribution >= 0.6 is 11.3 Å². The van der Waals surface area contributed by atoms with Crippen LogP contribution in [-0.4, -0.2) is 64.6 Å². The van der Waals surface area contributed by atoms with Crippen molar-refractivity contribution < 1.29 is 22.8 Å². The standard InChI is InChI=1S/C23H25F3N6O2S/c1-30(2)11-14-3-4-15(7-18(14)23(24,25)26)28-21(34)29-16-8-22(9-16)12-31(13-22)19(33)17-10-27-32-5-6-35-20(17)32/h3-7,10,16H,8-9,11-13H2,1-2H3,(H2,28,29,34). The monoisotopic (exact) mass is 506 g/mol. The molecule has 1 saturated heterocycles. The van der Waals surface area contributed by atoms with E-state index in [0.717, 1.165) is 23.7 Å². The average Bonchev–Trinajstić information content (AvgIpc) is 3.32. The number of thiazole rings is 1. The molecular weight excluding hydrogens is 481 g/mol. The quantitative estimate of drug-likeness (QED) is 0.550. The van der Waals surface area contributed by atoms with Crippen LogP contribution in [0, 0.1) is 5.41 Å². The van der Waals surface area contributed by atoms with Gasteiger partial charge in [0.05, 0.1) is 17.3 Å². The fourth-order valence-corrected chi connectivity index (χ4v) is 5.83. The molecule has 2 aliphatic rings. The summed E-state index contributed by atoms with van der Waals surface area (Å²) in [5, 5.41) is 11.4. The van der Waals surface area contributed by atoms with Gasteiger partial charge in [-0.05, 0) is 44.6 Å². The Bertz CT molecular complexity index is 1270. The van der Waals surface area contributed by atoms with Gasteiger partial charge in [-0.2, -0.15) is 18.3 Å². The molecule has 0 unspecified atom stereocenters. The maximum absolute atomic E-state index is 13.5. The SMILES string of the molecule is CN(C)Cc1ccc(NC(=O)NC2CC3(C2)CN(C(=O)c2cnn4ccsc24)C3)cc1C(F)(F)F. The first kappa shape index (κ1) is 23.6. The van der Waals surface area contributed by atoms with Gasteiger partial charge >= 0.3 is 12.2 Å². The molecule has 0 bridgehead atoms. The fourth-order valence-electron chi connectivity index (χ4n) is 5.05. The lowest BCUT2D eigenvalue weighted by Crippen LogP contribution is -2.67. The highest BCUT2D eigenvalue weighted by molar-refractivity contribution is 7.15. The number of amides is 3. The molecule has 3 heterocycles. The summed E-state index contributed by atoms with van der Waals surface area (Å²) in [4.78, 5) is 29.5. The topological polar surface area (TPSA) is 82.0 Å². The van der Waals surface area contributed by atoms with E-state index in [9.17, 15) is 22.8 Å². The van der Waals surface area contributed by atoms with Crippen LogP contribution in [0.3, 0.4) is 0 Å². The van der Waals surface area contributed by atoms with Gasteiger partial charge in [-0.25, -0.2) is 9.31 Å². The summed E-state index contributed by atoms with van der Waals surface area (Å²) in [6.07, 6.45) is 0.333. The summed E-state index contributed by atoms with van der Waals surface area (Å²) >= 11 is 1.47. The minimum absolute atomic E-state index is 0.00732. The van der Waals surface area contributed by atoms with Crippen LogP contribution in [0.4, 0.5) is 23.7 Å². The molecule has 1 spiro atoms. The Morgan fingerprint density at radius 1 is 1.26 bits per heavy atom. The maximum Gasteiger partial charge on any atom is 0.416 e. The number of hydrogen-bond acceptors (Lipinski definition) is 5. The van der Waals surface area contributed by atoms with Crippen molar-refractivity contribution in [1.82, 2.24) is 24.7 Å². The van der Waals surface area contributed by atoms with Gasteiger partial charge in [0.15, 0.2) is 0 Å². The van der Waals surface area contributed by atoms with Gasteiger partial charge in [-0.15, -0.1) is 11.3 Å². The van der Waals surface area contributed by atoms with Crippen molar-refractivity contribution in [2.24, 2.45) is 5.41 Å². The Balaban J connectivity index is 1.13. The average molecular weight is 507 g/mol. The first-order valence-corrected chi connectivity index (χ1v) is 12.0. The van der Waals surface area contributed by atoms with E-state index in [2.05, 4.69) is 15.7 Å². The van der Waals surface area contributed by atoms with Gasteiger partial charge in [-0.1, -0.05) is 6.07 Å². The van der Waals surface area contributed by atoms with E-state index in [1.54, 1.807) is 34.6 Å². The van der Waals surface area contributed by atoms with E-state index in [1.807, 2.05) is 11.6 Å². The second kappa shape index (κ2) is 8.52. The molecule has 3 aromatic rings. The molecule has 12 heteroatoms. The van der Waals surface area contributed by atoms with Crippen molar-refractivity contribution in [2.75, 3.05) is 32.5 Å². The zero-order chi connectivity index (χ0) is 25.0. The van der Waals surface area contributed by atoms with E-state index < -0.39 is 17.8 Å². The number of hydrogen-bond donors (Lipinski definition) is 2. The van der Waals surface area contributed by atoms with Crippen LogP contribution < -0.4 is 10.6 Å². The van der Waals surface area contributed by atoms with Crippen molar-refractivity contribution in [2.45, 2.75) is 31.6 Å². The summed E-state index contributed by atoms with van der Waals surface area (Å²) in [6, 6.07) is 3.22. The number of rotatable bonds is 5. The minimum atomic E-state index is -4.51. The Morgan fingerprint density at radius 2 is 2.00 bits per heavy atom. The zero-order valence-corrected chi connectivity index (χ0v) is 20.0. The molecule has 3 amide bonds. The molecule has 35 heavy (non-hydrogen) atoms. The van der Waals surface area contributed by atoms with Gasteiger partial charge in [-0.3, -0.25) is 4.79 Å². The predicted octanol–water partition coefficient (Wildman–Crippen LogP) is 3.90. The number of halogens is 3. The number of anilines is 1. The number of aromatic nitrogens is 2. The van der Waals surface area contributed by atoms with Crippen molar-refractivity contribution in [3.8, 4) is 0 Å². The molecule has 8 nitrogen and oxygen atoms in total. The molecule has 5 rings (SSSR count). The summed E-state index contributed by atoms with van der Waals surface area (Å²) in [5.41, 5.74) is 0.0662. The van der Waals surface area contributed by atoms with Crippen LogP contribution in [-0.2, 0) is 12.7 Å². The van der Waals surface area contributed by atoms with Gasteiger partial charge in [0.25, 0.3) is 5.91 Å². The first-order chi connectivity index (χ1) is 16.5. The Morgan fingerprint density at radius 3 is 2.69 bits per heavy atom. The third-order valence-electron chi connectivity index (χ3n) is 6.56. The largest absolute Gasteiger partial charge is 0.416 e. The summed E-state index contributed by atoms with van der Waals surface area (Å²) in [6.45, 7) is 1.39. The molecule has 1 aromatic carbocycles. The molecule has 186 valence electrons. The lowest BCUT2D eigenvalue weighted by atomic mass is 9.60. The molecule has 1 aliphatic heterocycles. The van der Waals surface area contributed by atoms with Crippen LogP contribution in [0.15, 0.2) is 36.0 Å². The van der Waals surface area contributed by atoms with E-state index in [4.69, 9.17) is 0 Å². The fraction of sp³-hybridized carbons (Fsp3) is 0.435. The van der Waals surface area contributed by atoms with Crippen LogP contribution in [0.5, 0.6) is 0 Å². The number of benzene rings is 1. The molecule has 1 saturated carbocycles. The number of urea groups is 1. The number of likely N-dealkylation sites (tertiary alicyclic amines) is 1. The third kappa shape index (κ3) is 4.59. The summed E-state index contributed by atoms with van der Waals surface area (Å²) < 4.78 is 42.1. The highest BCUT2D eigenvalue weighted by Gasteiger charge is 2.54. The van der Waals surface area contributed by atoms with Crippen molar-refractivity contribution >= 4 is 33.8 Å². The van der Waals surface area contributed by atoms with Gasteiger partial charge in [0.2, 0.25) is 0 Å². The van der Waals surface area contributed by atoms with E-state index in [1.165, 1.54) is 23.5 Å². The number of carbonyl (C=O) groups excluding carboxylic acids is 2. The molecule has 2 fully saturated rings. The lowest BCUT2D eigenvalue weighted by molar-refractivity contribution is -0.138. The second-order valence-electron chi connectivity index (χ2n) is 9.68. The van der Waals surface area contributed by atoms with Crippen molar-refractivity contribution in [3.63, 3.8) is 0 Å². The summed E-state index contributed by atoms with van der Waals surface area (Å²) in [5.74, 6) is -0.0413. The number of nitrogens with zero attached hydrogens (tertiary/aromatic N) is 4. The van der Waals surface area contributed by atoms with Crippen molar-refractivity contribution in [1.29, 1.82) is 0 Å². The second-order valence-corrected chi connectivity index (χ2v) is 10.6. The molecule has 0 radical (unpaired) electrons. The molecule has 2 aromatic heterocycles. The zero-order valence-electron chi connectivity index (χ0n) is 19.2. The minimum Gasteiger partial charge on any atom is -0.337 e. The van der Waals surface area contributed by atoms with Gasteiger partial charge in [0, 0.05) is 48.4 Å². The van der Waals surface area contributed by atoms with Crippen LogP contribution in [0.2, 0.25) is 0 Å². The summed E-state index contributed by atoms with van der Waals surface area (Å²) in [7, 11) is 3.39. The van der Waals surface area contributed by atoms with Crippen molar-refractivity contribution in [3.05, 3.63) is 52.7 Å². The Labute approximate surface area is 203 Å². The maximum atomic E-state index is 13.5. The van der Waals surface area contributed by atoms with Crippen LogP contribution in [0.25, 0.3) is 4.83 Å². The van der Waals surface area contributed by atoms with Gasteiger partial charge in [0.1, 0.15) is 4.83 Å². The molecular formula is C23H25F3N6O2S. The smallest absolute Gasteiger partial charge is 0.337 e. The Kier molecular flexibility index (Phi) is 5.75. The van der Waals surface area contributed by atoms with E-state index in [0.29, 0.717) is 18.7 Å².